The summed E-state index contributed by atoms with van der Waals surface area (Å²) in [6.45, 7) is 3.42. The number of carbonyl (C=O) groups excluding carboxylic acids is 1. The highest BCUT2D eigenvalue weighted by molar-refractivity contribution is 6.00. The average molecular weight is 291 g/mol. The molecule has 0 aliphatic heterocycles. The van der Waals surface area contributed by atoms with Crippen LogP contribution >= 0.6 is 0 Å². The lowest BCUT2D eigenvalue weighted by Gasteiger charge is -2.25. The standard InChI is InChI=1S/C15H21N3O3/c1-3-10(2)8-11-6-4-5-7-12(11)18(9-13(19)20)15(21)14(16)17/h3-7,14H,8-9,16-17H2,1-2H3,(H,19,20)/b10-3+. The third-order valence-corrected chi connectivity index (χ3v) is 3.09. The fraction of sp³-hybridized carbons (Fsp3) is 0.333. The lowest BCUT2D eigenvalue weighted by molar-refractivity contribution is -0.136. The largest absolute Gasteiger partial charge is 0.480 e. The summed E-state index contributed by atoms with van der Waals surface area (Å²) in [6.07, 6.45) is 1.34. The highest BCUT2D eigenvalue weighted by Crippen LogP contribution is 2.23. The Hall–Kier alpha value is -2.18. The molecule has 0 fully saturated rings. The van der Waals surface area contributed by atoms with Gasteiger partial charge in [0.25, 0.3) is 5.91 Å². The lowest BCUT2D eigenvalue weighted by atomic mass is 10.0. The minimum absolute atomic E-state index is 0.477. The van der Waals surface area contributed by atoms with Gasteiger partial charge in [-0.2, -0.15) is 0 Å². The van der Waals surface area contributed by atoms with Crippen molar-refractivity contribution in [2.45, 2.75) is 26.4 Å². The average Bonchev–Trinajstić information content (AvgIpc) is 2.44. The molecule has 0 atom stereocenters. The molecular weight excluding hydrogens is 270 g/mol. The third-order valence-electron chi connectivity index (χ3n) is 3.09. The van der Waals surface area contributed by atoms with E-state index in [0.717, 1.165) is 16.0 Å². The molecule has 0 radical (unpaired) electrons. The summed E-state index contributed by atoms with van der Waals surface area (Å²) in [7, 11) is 0. The van der Waals surface area contributed by atoms with Crippen LogP contribution in [0.15, 0.2) is 35.9 Å². The van der Waals surface area contributed by atoms with Crippen molar-refractivity contribution in [2.24, 2.45) is 11.5 Å². The van der Waals surface area contributed by atoms with Crippen molar-refractivity contribution in [3.05, 3.63) is 41.5 Å². The summed E-state index contributed by atoms with van der Waals surface area (Å²) in [5, 5.41) is 9.01. The number of hydrogen-bond donors (Lipinski definition) is 3. The van der Waals surface area contributed by atoms with Crippen molar-refractivity contribution >= 4 is 17.6 Å². The van der Waals surface area contributed by atoms with Crippen LogP contribution in [-0.4, -0.2) is 29.7 Å². The van der Waals surface area contributed by atoms with Crippen LogP contribution in [0.2, 0.25) is 0 Å². The molecule has 6 nitrogen and oxygen atoms in total. The maximum absolute atomic E-state index is 12.1. The molecule has 6 heteroatoms. The molecule has 0 saturated carbocycles. The number of carbonyl (C=O) groups is 2. The second-order valence-corrected chi connectivity index (χ2v) is 4.78. The summed E-state index contributed by atoms with van der Waals surface area (Å²) in [5.74, 6) is -1.75. The number of anilines is 1. The Kier molecular flexibility index (Phi) is 6.08. The number of para-hydroxylation sites is 1. The molecule has 1 amide bonds. The van der Waals surface area contributed by atoms with E-state index in [1.807, 2.05) is 32.1 Å². The molecule has 0 saturated heterocycles. The summed E-state index contributed by atoms with van der Waals surface area (Å²) in [6, 6.07) is 7.13. The molecule has 0 spiro atoms. The van der Waals surface area contributed by atoms with Gasteiger partial charge in [0.05, 0.1) is 0 Å². The number of allylic oxidation sites excluding steroid dienone is 2. The second-order valence-electron chi connectivity index (χ2n) is 4.78. The first kappa shape index (κ1) is 16.9. The van der Waals surface area contributed by atoms with E-state index in [2.05, 4.69) is 0 Å². The Labute approximate surface area is 124 Å². The van der Waals surface area contributed by atoms with E-state index < -0.39 is 24.6 Å². The van der Waals surface area contributed by atoms with Crippen LogP contribution in [0.3, 0.4) is 0 Å². The minimum atomic E-state index is -1.25. The molecule has 1 rings (SSSR count). The summed E-state index contributed by atoms with van der Waals surface area (Å²) in [5.41, 5.74) is 13.3. The van der Waals surface area contributed by atoms with Crippen LogP contribution in [0.25, 0.3) is 0 Å². The van der Waals surface area contributed by atoms with Gasteiger partial charge in [0.15, 0.2) is 0 Å². The molecule has 0 unspecified atom stereocenters. The minimum Gasteiger partial charge on any atom is -0.480 e. The molecule has 21 heavy (non-hydrogen) atoms. The third kappa shape index (κ3) is 4.70. The molecule has 0 aliphatic carbocycles. The molecule has 0 aromatic heterocycles. The number of amides is 1. The Bertz CT molecular complexity index is 553. The smallest absolute Gasteiger partial charge is 0.323 e. The Balaban J connectivity index is 3.24. The van der Waals surface area contributed by atoms with Crippen LogP contribution in [0.1, 0.15) is 19.4 Å². The molecule has 114 valence electrons. The predicted octanol–water partition coefficient (Wildman–Crippen LogP) is 0.856. The van der Waals surface area contributed by atoms with E-state index in [9.17, 15) is 9.59 Å². The van der Waals surface area contributed by atoms with Gasteiger partial charge < -0.3 is 16.6 Å². The Morgan fingerprint density at radius 2 is 1.95 bits per heavy atom. The molecule has 1 aromatic rings. The van der Waals surface area contributed by atoms with E-state index in [0.29, 0.717) is 12.1 Å². The van der Waals surface area contributed by atoms with Crippen LogP contribution in [-0.2, 0) is 16.0 Å². The zero-order valence-corrected chi connectivity index (χ0v) is 12.2. The normalized spacial score (nSPS) is 11.6. The molecule has 1 aromatic carbocycles. The van der Waals surface area contributed by atoms with Crippen molar-refractivity contribution in [1.29, 1.82) is 0 Å². The van der Waals surface area contributed by atoms with Crippen molar-refractivity contribution in [3.8, 4) is 0 Å². The number of carboxylic acid groups (broad SMARTS) is 1. The van der Waals surface area contributed by atoms with Gasteiger partial charge in [0.2, 0.25) is 0 Å². The fourth-order valence-corrected chi connectivity index (χ4v) is 1.92. The maximum Gasteiger partial charge on any atom is 0.323 e. The van der Waals surface area contributed by atoms with Crippen molar-refractivity contribution in [1.82, 2.24) is 0 Å². The van der Waals surface area contributed by atoms with E-state index in [1.165, 1.54) is 0 Å². The fourth-order valence-electron chi connectivity index (χ4n) is 1.92. The van der Waals surface area contributed by atoms with Gasteiger partial charge in [-0.05, 0) is 31.9 Å². The lowest BCUT2D eigenvalue weighted by Crippen LogP contribution is -2.51. The molecular formula is C15H21N3O3. The first-order valence-electron chi connectivity index (χ1n) is 6.60. The summed E-state index contributed by atoms with van der Waals surface area (Å²) >= 11 is 0. The highest BCUT2D eigenvalue weighted by Gasteiger charge is 2.24. The van der Waals surface area contributed by atoms with Crippen LogP contribution < -0.4 is 16.4 Å². The van der Waals surface area contributed by atoms with Gasteiger partial charge in [0, 0.05) is 5.69 Å². The number of nitrogens with zero attached hydrogens (tertiary/aromatic N) is 1. The Morgan fingerprint density at radius 3 is 2.48 bits per heavy atom. The number of benzene rings is 1. The monoisotopic (exact) mass is 291 g/mol. The van der Waals surface area contributed by atoms with Crippen LogP contribution in [0.5, 0.6) is 0 Å². The van der Waals surface area contributed by atoms with E-state index in [4.69, 9.17) is 16.6 Å². The highest BCUT2D eigenvalue weighted by atomic mass is 16.4. The van der Waals surface area contributed by atoms with Crippen molar-refractivity contribution in [2.75, 3.05) is 11.4 Å². The van der Waals surface area contributed by atoms with E-state index in [1.54, 1.807) is 12.1 Å². The topological polar surface area (TPSA) is 110 Å². The second kappa shape index (κ2) is 7.56. The first-order valence-corrected chi connectivity index (χ1v) is 6.60. The summed E-state index contributed by atoms with van der Waals surface area (Å²) in [4.78, 5) is 24.2. The van der Waals surface area contributed by atoms with Gasteiger partial charge >= 0.3 is 5.97 Å². The zero-order chi connectivity index (χ0) is 16.0. The van der Waals surface area contributed by atoms with Gasteiger partial charge in [-0.3, -0.25) is 14.5 Å². The first-order chi connectivity index (χ1) is 9.86. The Morgan fingerprint density at radius 1 is 1.33 bits per heavy atom. The number of carboxylic acids is 1. The quantitative estimate of drug-likeness (QED) is 0.532. The van der Waals surface area contributed by atoms with Gasteiger partial charge in [-0.25, -0.2) is 0 Å². The zero-order valence-electron chi connectivity index (χ0n) is 12.2. The number of rotatable bonds is 6. The summed E-state index contributed by atoms with van der Waals surface area (Å²) < 4.78 is 0. The van der Waals surface area contributed by atoms with Crippen LogP contribution in [0.4, 0.5) is 5.69 Å². The van der Waals surface area contributed by atoms with Gasteiger partial charge in [-0.1, -0.05) is 29.8 Å². The number of nitrogens with two attached hydrogens (primary N) is 2. The number of hydrogen-bond acceptors (Lipinski definition) is 4. The molecule has 0 aliphatic rings. The van der Waals surface area contributed by atoms with Crippen molar-refractivity contribution < 1.29 is 14.7 Å². The molecule has 0 bridgehead atoms. The maximum atomic E-state index is 12.1. The molecule has 5 N–H and O–H groups in total. The SMILES string of the molecule is C/C=C(\C)Cc1ccccc1N(CC(=O)O)C(=O)C(N)N. The number of aliphatic carboxylic acids is 1. The van der Waals surface area contributed by atoms with Crippen LogP contribution in [0, 0.1) is 0 Å². The van der Waals surface area contributed by atoms with Crippen molar-refractivity contribution in [3.63, 3.8) is 0 Å². The van der Waals surface area contributed by atoms with E-state index in [-0.39, 0.29) is 0 Å². The van der Waals surface area contributed by atoms with Gasteiger partial charge in [0.1, 0.15) is 12.7 Å². The molecule has 0 heterocycles. The predicted molar refractivity (Wildman–Crippen MR) is 81.7 cm³/mol. The van der Waals surface area contributed by atoms with E-state index >= 15 is 0 Å². The van der Waals surface area contributed by atoms with Gasteiger partial charge in [-0.15, -0.1) is 0 Å².